The van der Waals surface area contributed by atoms with Crippen LogP contribution in [0.5, 0.6) is 23.0 Å². The lowest BCUT2D eigenvalue weighted by Crippen LogP contribution is -2.33. The largest absolute Gasteiger partial charge is 0.505 e. The van der Waals surface area contributed by atoms with Crippen molar-refractivity contribution in [3.8, 4) is 23.0 Å². The van der Waals surface area contributed by atoms with Gasteiger partial charge in [-0.3, -0.25) is 4.55 Å². The smallest absolute Gasteiger partial charge is 0.340 e. The number of halogens is 2. The zero-order valence-electron chi connectivity index (χ0n) is 15.1. The van der Waals surface area contributed by atoms with Gasteiger partial charge in [-0.1, -0.05) is 6.07 Å². The summed E-state index contributed by atoms with van der Waals surface area (Å²) in [5, 5.41) is 19.5. The Morgan fingerprint density at radius 3 is 1.90 bits per heavy atom. The minimum Gasteiger partial charge on any atom is -0.505 e. The molecular formula is C20H10F2O8S. The molecule has 8 nitrogen and oxygen atoms in total. The van der Waals surface area contributed by atoms with Gasteiger partial charge in [0.05, 0.1) is 21.6 Å². The van der Waals surface area contributed by atoms with E-state index in [0.717, 1.165) is 42.5 Å². The molecule has 1 spiro atoms. The van der Waals surface area contributed by atoms with Gasteiger partial charge >= 0.3 is 5.97 Å². The van der Waals surface area contributed by atoms with Crippen molar-refractivity contribution in [2.24, 2.45) is 0 Å². The van der Waals surface area contributed by atoms with Gasteiger partial charge in [0.15, 0.2) is 28.7 Å². The average Bonchev–Trinajstić information content (AvgIpc) is 2.98. The number of carbonyl (C=O) groups is 1. The van der Waals surface area contributed by atoms with E-state index in [0.29, 0.717) is 0 Å². The van der Waals surface area contributed by atoms with Crippen molar-refractivity contribution in [1.29, 1.82) is 0 Å². The van der Waals surface area contributed by atoms with Crippen LogP contribution in [0.4, 0.5) is 8.78 Å². The summed E-state index contributed by atoms with van der Waals surface area (Å²) < 4.78 is 72.0. The second-order valence-electron chi connectivity index (χ2n) is 6.95. The fraction of sp³-hybridized carbons (Fsp3) is 0.0500. The van der Waals surface area contributed by atoms with Gasteiger partial charge in [-0.05, 0) is 24.3 Å². The number of benzene rings is 3. The van der Waals surface area contributed by atoms with E-state index >= 15 is 0 Å². The normalized spacial score (nSPS) is 15.6. The van der Waals surface area contributed by atoms with Crippen molar-refractivity contribution < 1.29 is 46.2 Å². The van der Waals surface area contributed by atoms with Crippen LogP contribution in [-0.2, 0) is 20.5 Å². The van der Waals surface area contributed by atoms with Crippen LogP contribution in [0, 0.1) is 11.6 Å². The standard InChI is InChI=1S/C20H10F2O8S/c21-13-4-11-17(6-15(13)23)29-18-7-16(24)14(22)5-12(18)20(11)10-2-1-8(31(26,27)28)3-9(10)19(25)30-20/h1-7,23-24H,(H,26,27,28). The molecule has 0 bridgehead atoms. The molecule has 2 heterocycles. The van der Waals surface area contributed by atoms with Gasteiger partial charge in [-0.25, -0.2) is 13.6 Å². The van der Waals surface area contributed by atoms with Crippen molar-refractivity contribution in [2.75, 3.05) is 0 Å². The van der Waals surface area contributed by atoms with Gasteiger partial charge in [0.2, 0.25) is 0 Å². The van der Waals surface area contributed by atoms with Crippen LogP contribution in [0.3, 0.4) is 0 Å². The number of carbonyl (C=O) groups excluding carboxylic acids is 1. The highest BCUT2D eigenvalue weighted by atomic mass is 32.2. The van der Waals surface area contributed by atoms with Crippen LogP contribution in [0.25, 0.3) is 0 Å². The number of ether oxygens (including phenoxy) is 2. The van der Waals surface area contributed by atoms with Gasteiger partial charge in [-0.15, -0.1) is 0 Å². The predicted molar refractivity (Wildman–Crippen MR) is 97.8 cm³/mol. The fourth-order valence-electron chi connectivity index (χ4n) is 3.88. The van der Waals surface area contributed by atoms with Crippen LogP contribution in [0.15, 0.2) is 47.4 Å². The first-order valence-corrected chi connectivity index (χ1v) is 10.1. The first-order valence-electron chi connectivity index (χ1n) is 8.61. The van der Waals surface area contributed by atoms with Crippen LogP contribution in [-0.4, -0.2) is 29.2 Å². The van der Waals surface area contributed by atoms with Crippen molar-refractivity contribution >= 4 is 16.1 Å². The molecule has 3 N–H and O–H groups in total. The molecular weight excluding hydrogens is 438 g/mol. The zero-order valence-corrected chi connectivity index (χ0v) is 15.9. The number of rotatable bonds is 1. The Balaban J connectivity index is 1.90. The highest BCUT2D eigenvalue weighted by Crippen LogP contribution is 2.57. The summed E-state index contributed by atoms with van der Waals surface area (Å²) in [6.07, 6.45) is 0. The van der Waals surface area contributed by atoms with Crippen LogP contribution in [0.1, 0.15) is 27.0 Å². The highest BCUT2D eigenvalue weighted by molar-refractivity contribution is 7.85. The van der Waals surface area contributed by atoms with E-state index in [1.165, 1.54) is 0 Å². The summed E-state index contributed by atoms with van der Waals surface area (Å²) in [6, 6.07) is 6.58. The number of aromatic hydroxyl groups is 2. The summed E-state index contributed by atoms with van der Waals surface area (Å²) in [5.74, 6) is -5.01. The molecule has 0 aliphatic carbocycles. The van der Waals surface area contributed by atoms with E-state index < -0.39 is 49.7 Å². The molecule has 2 aliphatic heterocycles. The monoisotopic (exact) mass is 448 g/mol. The van der Waals surface area contributed by atoms with E-state index in [-0.39, 0.29) is 33.8 Å². The number of phenols is 2. The first-order chi connectivity index (χ1) is 14.5. The van der Waals surface area contributed by atoms with E-state index in [1.807, 2.05) is 0 Å². The average molecular weight is 448 g/mol. The van der Waals surface area contributed by atoms with E-state index in [2.05, 4.69) is 0 Å². The van der Waals surface area contributed by atoms with E-state index in [1.54, 1.807) is 0 Å². The second kappa shape index (κ2) is 5.93. The van der Waals surface area contributed by atoms with E-state index in [4.69, 9.17) is 9.47 Å². The molecule has 0 saturated heterocycles. The van der Waals surface area contributed by atoms with Gasteiger partial charge in [0.25, 0.3) is 10.1 Å². The number of phenolic OH excluding ortho intramolecular Hbond substituents is 2. The van der Waals surface area contributed by atoms with Crippen LogP contribution < -0.4 is 4.74 Å². The first kappa shape index (κ1) is 19.3. The van der Waals surface area contributed by atoms with Crippen molar-refractivity contribution in [3.05, 3.63) is 76.4 Å². The lowest BCUT2D eigenvalue weighted by molar-refractivity contribution is 0.0221. The molecule has 0 unspecified atom stereocenters. The third-order valence-electron chi connectivity index (χ3n) is 5.21. The SMILES string of the molecule is O=C1OC2(c3cc(F)c(O)cc3Oc3cc(O)c(F)cc32)c2ccc(S(=O)(=O)O)cc21. The van der Waals surface area contributed by atoms with Crippen molar-refractivity contribution in [3.63, 3.8) is 0 Å². The Hall–Kier alpha value is -3.70. The molecule has 2 aliphatic rings. The Labute approximate surface area is 172 Å². The molecule has 5 rings (SSSR count). The molecule has 0 fully saturated rings. The zero-order chi connectivity index (χ0) is 22.3. The van der Waals surface area contributed by atoms with Crippen molar-refractivity contribution in [2.45, 2.75) is 10.5 Å². The quantitative estimate of drug-likeness (QED) is 0.382. The molecule has 31 heavy (non-hydrogen) atoms. The molecule has 158 valence electrons. The molecule has 0 saturated carbocycles. The summed E-state index contributed by atoms with van der Waals surface area (Å²) in [6.45, 7) is 0. The minimum absolute atomic E-state index is 0.0193. The number of hydrogen-bond donors (Lipinski definition) is 3. The maximum atomic E-state index is 14.3. The molecule has 0 atom stereocenters. The third-order valence-corrected chi connectivity index (χ3v) is 6.06. The number of esters is 1. The Morgan fingerprint density at radius 1 is 0.839 bits per heavy atom. The number of hydrogen-bond acceptors (Lipinski definition) is 7. The van der Waals surface area contributed by atoms with Crippen LogP contribution in [0.2, 0.25) is 0 Å². The topological polar surface area (TPSA) is 130 Å². The van der Waals surface area contributed by atoms with Gasteiger partial charge in [0.1, 0.15) is 11.5 Å². The summed E-state index contributed by atoms with van der Waals surface area (Å²) >= 11 is 0. The summed E-state index contributed by atoms with van der Waals surface area (Å²) in [4.78, 5) is 12.1. The molecule has 0 radical (unpaired) electrons. The maximum Gasteiger partial charge on any atom is 0.340 e. The lowest BCUT2D eigenvalue weighted by atomic mass is 9.77. The molecule has 11 heteroatoms. The van der Waals surface area contributed by atoms with Crippen molar-refractivity contribution in [1.82, 2.24) is 0 Å². The summed E-state index contributed by atoms with van der Waals surface area (Å²) in [5.41, 5.74) is -2.43. The van der Waals surface area contributed by atoms with Gasteiger partial charge < -0.3 is 19.7 Å². The van der Waals surface area contributed by atoms with Gasteiger partial charge in [-0.2, -0.15) is 8.42 Å². The molecule has 3 aromatic rings. The third kappa shape index (κ3) is 2.53. The number of fused-ring (bicyclic) bond motifs is 6. The predicted octanol–water partition coefficient (Wildman–Crippen LogP) is 3.19. The van der Waals surface area contributed by atoms with Gasteiger partial charge in [0, 0.05) is 17.7 Å². The Kier molecular flexibility index (Phi) is 3.68. The Morgan fingerprint density at radius 2 is 1.39 bits per heavy atom. The lowest BCUT2D eigenvalue weighted by Gasteiger charge is -2.36. The second-order valence-corrected chi connectivity index (χ2v) is 8.38. The molecule has 0 amide bonds. The molecule has 3 aromatic carbocycles. The minimum atomic E-state index is -4.65. The van der Waals surface area contributed by atoms with E-state index in [9.17, 15) is 36.8 Å². The molecule has 0 aromatic heterocycles. The van der Waals surface area contributed by atoms with Crippen LogP contribution >= 0.6 is 0 Å². The highest BCUT2D eigenvalue weighted by Gasteiger charge is 2.54. The summed E-state index contributed by atoms with van der Waals surface area (Å²) in [7, 11) is -4.65. The fourth-order valence-corrected chi connectivity index (χ4v) is 4.38. The maximum absolute atomic E-state index is 14.3. The Bertz CT molecular complexity index is 1370.